The van der Waals surface area contributed by atoms with Crippen molar-refractivity contribution in [2.75, 3.05) is 26.3 Å². The number of aromatic nitrogens is 1. The summed E-state index contributed by atoms with van der Waals surface area (Å²) in [5.74, 6) is 0.127. The van der Waals surface area contributed by atoms with Gasteiger partial charge >= 0.3 is 0 Å². The van der Waals surface area contributed by atoms with Gasteiger partial charge in [0.15, 0.2) is 0 Å². The Morgan fingerprint density at radius 3 is 2.84 bits per heavy atom. The average Bonchev–Trinajstić information content (AvgIpc) is 3.21. The van der Waals surface area contributed by atoms with Gasteiger partial charge in [-0.1, -0.05) is 6.07 Å². The van der Waals surface area contributed by atoms with Gasteiger partial charge in [-0.25, -0.2) is 0 Å². The zero-order valence-electron chi connectivity index (χ0n) is 14.1. The summed E-state index contributed by atoms with van der Waals surface area (Å²) in [5.41, 5.74) is 6.61. The third-order valence-corrected chi connectivity index (χ3v) is 4.46. The van der Waals surface area contributed by atoms with Crippen molar-refractivity contribution in [2.24, 2.45) is 11.7 Å². The first-order valence-corrected chi connectivity index (χ1v) is 8.16. The Hall–Kier alpha value is -2.67. The number of furan rings is 1. The number of likely N-dealkylation sites (tertiary alicyclic amines) is 1. The summed E-state index contributed by atoms with van der Waals surface area (Å²) >= 11 is 0. The Morgan fingerprint density at radius 2 is 2.20 bits per heavy atom. The largest absolute Gasteiger partial charge is 0.469 e. The second kappa shape index (κ2) is 7.48. The maximum atomic E-state index is 12.8. The minimum Gasteiger partial charge on any atom is -0.469 e. The molecule has 2 aromatic rings. The first-order chi connectivity index (χ1) is 12.1. The van der Waals surface area contributed by atoms with E-state index in [0.29, 0.717) is 31.0 Å². The van der Waals surface area contributed by atoms with Crippen molar-refractivity contribution in [3.63, 3.8) is 0 Å². The molecular weight excluding hydrogens is 322 g/mol. The van der Waals surface area contributed by atoms with E-state index in [1.165, 1.54) is 6.26 Å². The van der Waals surface area contributed by atoms with Gasteiger partial charge in [-0.3, -0.25) is 14.6 Å². The van der Waals surface area contributed by atoms with Gasteiger partial charge in [0.05, 0.1) is 18.4 Å². The predicted octanol–water partition coefficient (Wildman–Crippen LogP) is 1.34. The van der Waals surface area contributed by atoms with Gasteiger partial charge in [0.1, 0.15) is 12.4 Å². The highest BCUT2D eigenvalue weighted by atomic mass is 16.5. The molecule has 1 fully saturated rings. The third kappa shape index (κ3) is 3.88. The van der Waals surface area contributed by atoms with Crippen molar-refractivity contribution in [1.29, 1.82) is 0 Å². The lowest BCUT2D eigenvalue weighted by atomic mass is 9.93. The molecule has 132 valence electrons. The summed E-state index contributed by atoms with van der Waals surface area (Å²) < 4.78 is 10.7. The highest BCUT2D eigenvalue weighted by Gasteiger charge is 2.38. The molecule has 2 atom stereocenters. The molecule has 0 spiro atoms. The first-order valence-electron chi connectivity index (χ1n) is 8.16. The van der Waals surface area contributed by atoms with Crippen LogP contribution in [0, 0.1) is 12.8 Å². The van der Waals surface area contributed by atoms with E-state index in [2.05, 4.69) is 4.98 Å². The van der Waals surface area contributed by atoms with Crippen molar-refractivity contribution < 1.29 is 18.7 Å². The molecule has 3 rings (SSSR count). The number of carbonyl (C=O) groups is 2. The van der Waals surface area contributed by atoms with E-state index < -0.39 is 5.91 Å². The molecule has 0 unspecified atom stereocenters. The monoisotopic (exact) mass is 343 g/mol. The number of hydrogen-bond acceptors (Lipinski definition) is 5. The van der Waals surface area contributed by atoms with Crippen molar-refractivity contribution in [3.8, 4) is 0 Å². The second-order valence-corrected chi connectivity index (χ2v) is 6.20. The molecular formula is C18H21N3O4. The molecule has 2 N–H and O–H groups in total. The Bertz CT molecular complexity index is 744. The van der Waals surface area contributed by atoms with Crippen LogP contribution in [0.25, 0.3) is 0 Å². The van der Waals surface area contributed by atoms with Gasteiger partial charge in [-0.05, 0) is 25.1 Å². The number of primary amides is 1. The van der Waals surface area contributed by atoms with E-state index in [0.717, 1.165) is 5.69 Å². The van der Waals surface area contributed by atoms with Crippen LogP contribution in [0.2, 0.25) is 0 Å². The Labute approximate surface area is 145 Å². The Balaban J connectivity index is 1.76. The lowest BCUT2D eigenvalue weighted by Gasteiger charge is -2.17. The van der Waals surface area contributed by atoms with Gasteiger partial charge in [-0.15, -0.1) is 0 Å². The quantitative estimate of drug-likeness (QED) is 0.853. The number of carbonyl (C=O) groups excluding carboxylic acids is 2. The van der Waals surface area contributed by atoms with Crippen molar-refractivity contribution in [1.82, 2.24) is 9.88 Å². The zero-order chi connectivity index (χ0) is 17.8. The van der Waals surface area contributed by atoms with Crippen LogP contribution in [0.3, 0.4) is 0 Å². The van der Waals surface area contributed by atoms with E-state index in [-0.39, 0.29) is 24.3 Å². The normalized spacial score (nSPS) is 20.0. The summed E-state index contributed by atoms with van der Waals surface area (Å²) in [4.78, 5) is 29.9. The molecule has 0 radical (unpaired) electrons. The van der Waals surface area contributed by atoms with E-state index in [1.54, 1.807) is 24.1 Å². The van der Waals surface area contributed by atoms with Crippen LogP contribution in [-0.4, -0.2) is 48.0 Å². The first kappa shape index (κ1) is 17.2. The highest BCUT2D eigenvalue weighted by molar-refractivity contribution is 5.95. The molecule has 0 aromatic carbocycles. The third-order valence-electron chi connectivity index (χ3n) is 4.46. The molecule has 7 nitrogen and oxygen atoms in total. The molecule has 3 heterocycles. The number of rotatable bonds is 6. The summed E-state index contributed by atoms with van der Waals surface area (Å²) in [5, 5.41) is 0. The van der Waals surface area contributed by atoms with Crippen LogP contribution >= 0.6 is 0 Å². The van der Waals surface area contributed by atoms with Gasteiger partial charge in [0.25, 0.3) is 5.91 Å². The highest BCUT2D eigenvalue weighted by Crippen LogP contribution is 2.33. The molecule has 1 aliphatic heterocycles. The second-order valence-electron chi connectivity index (χ2n) is 6.20. The maximum absolute atomic E-state index is 12.8. The predicted molar refractivity (Wildman–Crippen MR) is 89.8 cm³/mol. The van der Waals surface area contributed by atoms with Gasteiger partial charge in [-0.2, -0.15) is 0 Å². The van der Waals surface area contributed by atoms with Gasteiger partial charge in [0.2, 0.25) is 5.91 Å². The molecule has 0 saturated carbocycles. The average molecular weight is 343 g/mol. The zero-order valence-corrected chi connectivity index (χ0v) is 14.1. The van der Waals surface area contributed by atoms with E-state index in [1.807, 2.05) is 18.2 Å². The van der Waals surface area contributed by atoms with Crippen LogP contribution in [-0.2, 0) is 9.53 Å². The Kier molecular flexibility index (Phi) is 5.14. The van der Waals surface area contributed by atoms with Crippen LogP contribution < -0.4 is 5.73 Å². The number of ether oxygens (including phenoxy) is 1. The standard InChI is InChI=1S/C18H21N3O4/c1-12-14(5-7-25-12)18(23)21-8-13(10-24-11-17(19)22)15(9-21)16-4-2-3-6-20-16/h2-7,13,15H,8-11H2,1H3,(H2,19,22)/t13-,15+/m0/s1. The number of amides is 2. The van der Waals surface area contributed by atoms with Crippen LogP contribution in [0.5, 0.6) is 0 Å². The summed E-state index contributed by atoms with van der Waals surface area (Å²) in [6.07, 6.45) is 3.25. The number of aryl methyl sites for hydroxylation is 1. The summed E-state index contributed by atoms with van der Waals surface area (Å²) in [7, 11) is 0. The molecule has 25 heavy (non-hydrogen) atoms. The molecule has 1 aliphatic rings. The molecule has 0 aliphatic carbocycles. The van der Waals surface area contributed by atoms with Crippen LogP contribution in [0.15, 0.2) is 41.1 Å². The molecule has 2 amide bonds. The summed E-state index contributed by atoms with van der Waals surface area (Å²) in [6.45, 7) is 3.07. The fourth-order valence-electron chi connectivity index (χ4n) is 3.22. The van der Waals surface area contributed by atoms with Crippen LogP contribution in [0.1, 0.15) is 27.7 Å². The molecule has 7 heteroatoms. The van der Waals surface area contributed by atoms with E-state index in [4.69, 9.17) is 14.9 Å². The molecule has 2 aromatic heterocycles. The fraction of sp³-hybridized carbons (Fsp3) is 0.389. The van der Waals surface area contributed by atoms with Crippen molar-refractivity contribution in [2.45, 2.75) is 12.8 Å². The van der Waals surface area contributed by atoms with Gasteiger partial charge in [0, 0.05) is 36.8 Å². The lowest BCUT2D eigenvalue weighted by molar-refractivity contribution is -0.122. The molecule has 1 saturated heterocycles. The maximum Gasteiger partial charge on any atom is 0.257 e. The Morgan fingerprint density at radius 1 is 1.36 bits per heavy atom. The number of hydrogen-bond donors (Lipinski definition) is 1. The van der Waals surface area contributed by atoms with Crippen molar-refractivity contribution in [3.05, 3.63) is 53.7 Å². The lowest BCUT2D eigenvalue weighted by Crippen LogP contribution is -2.29. The fourth-order valence-corrected chi connectivity index (χ4v) is 3.22. The summed E-state index contributed by atoms with van der Waals surface area (Å²) in [6, 6.07) is 7.41. The number of nitrogens with two attached hydrogens (primary N) is 1. The molecule has 0 bridgehead atoms. The SMILES string of the molecule is Cc1occc1C(=O)N1C[C@@H](COCC(N)=O)[C@H](c2ccccn2)C1. The minimum atomic E-state index is -0.505. The van der Waals surface area contributed by atoms with Crippen LogP contribution in [0.4, 0.5) is 0 Å². The topological polar surface area (TPSA) is 98.7 Å². The minimum absolute atomic E-state index is 0.0465. The smallest absolute Gasteiger partial charge is 0.257 e. The van der Waals surface area contributed by atoms with Crippen molar-refractivity contribution >= 4 is 11.8 Å². The number of nitrogens with zero attached hydrogens (tertiary/aromatic N) is 2. The van der Waals surface area contributed by atoms with E-state index in [9.17, 15) is 9.59 Å². The van der Waals surface area contributed by atoms with Gasteiger partial charge < -0.3 is 19.8 Å². The van der Waals surface area contributed by atoms with E-state index >= 15 is 0 Å². The number of pyridine rings is 1.